The average Bonchev–Trinajstić information content (AvgIpc) is 3.03. The van der Waals surface area contributed by atoms with Crippen molar-refractivity contribution < 1.29 is 313 Å². The van der Waals surface area contributed by atoms with Crippen LogP contribution in [-0.4, -0.2) is 57.7 Å². The summed E-state index contributed by atoms with van der Waals surface area (Å²) in [6.45, 7) is 5.98. The van der Waals surface area contributed by atoms with E-state index in [9.17, 15) is 70.1 Å². The van der Waals surface area contributed by atoms with E-state index in [1.165, 1.54) is 34.6 Å². The zero-order valence-corrected chi connectivity index (χ0v) is 52.4. The quantitative estimate of drug-likeness (QED) is 0.0186. The molecule has 0 aliphatic rings. The average molecular weight is 1140 g/mol. The molecule has 0 amide bonds. The summed E-state index contributed by atoms with van der Waals surface area (Å²) in [4.78, 5) is 49.3. The fourth-order valence-corrected chi connectivity index (χ4v) is 5.47. The van der Waals surface area contributed by atoms with Crippen LogP contribution in [0.15, 0.2) is 0 Å². The third kappa shape index (κ3) is 81.3. The van der Waals surface area contributed by atoms with Crippen LogP contribution in [0.4, 0.5) is 0 Å². The molecule has 340 valence electrons. The van der Waals surface area contributed by atoms with E-state index in [-0.39, 0.29) is 148 Å². The summed E-state index contributed by atoms with van der Waals surface area (Å²) in [5, 5.41) is 38.6. The van der Waals surface area contributed by atoms with Crippen molar-refractivity contribution in [2.45, 2.75) is 66.1 Å². The molecule has 60 heavy (non-hydrogen) atoms. The second-order valence-electron chi connectivity index (χ2n) is 6.97. The van der Waals surface area contributed by atoms with E-state index in [1.54, 1.807) is 0 Å². The second kappa shape index (κ2) is 61.4. The summed E-state index contributed by atoms with van der Waals surface area (Å²) in [5.41, 5.74) is 0. The van der Waals surface area contributed by atoms with Crippen LogP contribution < -0.4 is 172 Å². The van der Waals surface area contributed by atoms with E-state index >= 15 is 0 Å². The van der Waals surface area contributed by atoms with E-state index in [2.05, 4.69) is 68.6 Å². The third-order valence-electron chi connectivity index (χ3n) is 2.99. The first-order valence-corrected chi connectivity index (χ1v) is 24.5. The summed E-state index contributed by atoms with van der Waals surface area (Å²) in [6.07, 6.45) is -6.05. The van der Waals surface area contributed by atoms with Gasteiger partial charge in [0.25, 0.3) is 0 Å². The Hall–Kier alpha value is 6.30. The van der Waals surface area contributed by atoms with E-state index in [4.69, 9.17) is 26.3 Å². The van der Waals surface area contributed by atoms with Crippen molar-refractivity contribution in [3.05, 3.63) is 0 Å². The molecule has 0 aromatic carbocycles. The Kier molecular flexibility index (Phi) is 91.3. The van der Waals surface area contributed by atoms with Gasteiger partial charge in [0.05, 0.1) is 0 Å². The Balaban J connectivity index is -0.0000000638. The maximum Gasteiger partial charge on any atom is 1.00 e. The van der Waals surface area contributed by atoms with Crippen LogP contribution in [0.1, 0.15) is 34.6 Å². The summed E-state index contributed by atoms with van der Waals surface area (Å²) in [5.74, 6) is 0. The molecule has 5 N–H and O–H groups in total. The molecule has 0 aliphatic heterocycles. The predicted molar refractivity (Wildman–Crippen MR) is 167 cm³/mol. The van der Waals surface area contributed by atoms with Gasteiger partial charge in [0.2, 0.25) is 0 Å². The molecule has 0 aliphatic carbocycles. The molecule has 0 radical (unpaired) electrons. The van der Waals surface area contributed by atoms with Crippen molar-refractivity contribution in [1.29, 1.82) is 0 Å². The van der Waals surface area contributed by atoms with Crippen LogP contribution in [0.2, 0.25) is 0 Å². The van der Waals surface area contributed by atoms with Crippen LogP contribution in [0, 0.1) is 0 Å². The fraction of sp³-hybridized carbons (Fsp3) is 1.00. The third-order valence-corrected chi connectivity index (χ3v) is 8.98. The van der Waals surface area contributed by atoms with Gasteiger partial charge < -0.3 is 69.9 Å². The SMILES string of the molecule is CC(O[PH](=O)[O-])O[PH](=O)OO.CC(O[PH](=O)[O-])O[PH](=O)OO.CC(O[PH](=O)[O-])O[PH](=O)OO.CC(O[PH](=O)[O-])O[PH](=O)OO.CC(O[PH](=O)[O-])O[PH](=O)OO.[Na+].[Na+].[Na+].[Na+].[Na+]. The Labute approximate surface area is 455 Å². The zero-order chi connectivity index (χ0) is 44.3. The van der Waals surface area contributed by atoms with Gasteiger partial charge in [-0.3, -0.25) is 45.4 Å². The molecule has 0 rings (SSSR count). The van der Waals surface area contributed by atoms with Crippen molar-refractivity contribution >= 4 is 82.5 Å². The molecule has 15 unspecified atom stereocenters. The van der Waals surface area contributed by atoms with E-state index in [1.807, 2.05) is 0 Å². The number of rotatable bonds is 25. The number of hydrogen-bond acceptors (Lipinski definition) is 35. The molecule has 35 nitrogen and oxygen atoms in total. The first-order chi connectivity index (χ1) is 25.3. The van der Waals surface area contributed by atoms with Crippen molar-refractivity contribution in [3.8, 4) is 0 Å². The van der Waals surface area contributed by atoms with Gasteiger partial charge in [0.15, 0.2) is 31.5 Å². The molecule has 0 aromatic rings. The van der Waals surface area contributed by atoms with E-state index in [0.717, 1.165) is 0 Å². The molecule has 15 atom stereocenters. The van der Waals surface area contributed by atoms with Crippen LogP contribution in [0.25, 0.3) is 0 Å². The molecule has 0 saturated heterocycles. The minimum Gasteiger partial charge on any atom is -0.781 e. The minimum absolute atomic E-state index is 0. The Morgan fingerprint density at radius 3 is 0.450 bits per heavy atom. The van der Waals surface area contributed by atoms with Crippen LogP contribution >= 0.6 is 82.5 Å². The van der Waals surface area contributed by atoms with Crippen LogP contribution in [-0.2, 0) is 114 Å². The molecule has 0 aromatic heterocycles. The summed E-state index contributed by atoms with van der Waals surface area (Å²) < 4.78 is 158. The largest absolute Gasteiger partial charge is 1.00 e. The van der Waals surface area contributed by atoms with Gasteiger partial charge >= 0.3 is 189 Å². The van der Waals surface area contributed by atoms with E-state index < -0.39 is 114 Å². The van der Waals surface area contributed by atoms with Gasteiger partial charge in [-0.2, -0.15) is 23.4 Å². The molecular weight excluding hydrogens is 1100 g/mol. The van der Waals surface area contributed by atoms with Crippen molar-refractivity contribution in [1.82, 2.24) is 0 Å². The maximum atomic E-state index is 10.2. The van der Waals surface area contributed by atoms with Crippen LogP contribution in [0.5, 0.6) is 0 Å². The molecule has 0 saturated carbocycles. The second-order valence-corrected chi connectivity index (χ2v) is 15.2. The molecule has 0 spiro atoms. The molecule has 0 heterocycles. The van der Waals surface area contributed by atoms with E-state index in [0.29, 0.717) is 0 Å². The van der Waals surface area contributed by atoms with Gasteiger partial charge in [-0.1, -0.05) is 0 Å². The summed E-state index contributed by atoms with van der Waals surface area (Å²) >= 11 is 0. The molecule has 0 bridgehead atoms. The summed E-state index contributed by atoms with van der Waals surface area (Å²) in [7, 11) is -32.1. The Morgan fingerprint density at radius 1 is 0.283 bits per heavy atom. The van der Waals surface area contributed by atoms with Gasteiger partial charge in [-0.15, -0.1) is 0 Å². The molecular formula is C10H35Na5O35P10. The Morgan fingerprint density at radius 2 is 0.383 bits per heavy atom. The van der Waals surface area contributed by atoms with Crippen molar-refractivity contribution in [3.63, 3.8) is 0 Å². The first kappa shape index (κ1) is 89.2. The monoisotopic (exact) mass is 1140 g/mol. The van der Waals surface area contributed by atoms with Crippen LogP contribution in [0.3, 0.4) is 0 Å². The normalized spacial score (nSPS) is 17.6. The van der Waals surface area contributed by atoms with Crippen molar-refractivity contribution in [2.24, 2.45) is 0 Å². The summed E-state index contributed by atoms with van der Waals surface area (Å²) in [6, 6.07) is 0. The number of hydrogen-bond donors (Lipinski definition) is 5. The maximum absolute atomic E-state index is 10.2. The molecule has 50 heteroatoms. The van der Waals surface area contributed by atoms with Gasteiger partial charge in [0.1, 0.15) is 41.3 Å². The predicted octanol–water partition coefficient (Wildman–Crippen LogP) is -15.0. The molecule has 0 fully saturated rings. The van der Waals surface area contributed by atoms with Gasteiger partial charge in [-0.25, -0.2) is 26.3 Å². The van der Waals surface area contributed by atoms with Gasteiger partial charge in [-0.05, 0) is 34.6 Å². The zero-order valence-electron chi connectivity index (χ0n) is 32.4. The topological polar surface area (TPSA) is 526 Å². The smallest absolute Gasteiger partial charge is 0.781 e. The Bertz CT molecular complexity index is 1020. The standard InChI is InChI=1S/5C2H8O7P2.5Na/c5*1-2(7-10(4)5)8-11(6)9-3;;;;;/h5*2-3,10-11H,1H3,(H,4,5);;;;;/q;;;;;5*+1/p-5. The van der Waals surface area contributed by atoms with Gasteiger partial charge in [0, 0.05) is 0 Å². The first-order valence-electron chi connectivity index (χ1n) is 12.3. The minimum atomic E-state index is -3.37. The van der Waals surface area contributed by atoms with Crippen molar-refractivity contribution in [2.75, 3.05) is 0 Å². The fourth-order valence-electron chi connectivity index (χ4n) is 1.58.